The normalized spacial score (nSPS) is 12.2. The number of unbranched alkanes of at least 4 members (excludes halogenated alkanes) is 1. The minimum atomic E-state index is -1.18. The number of amides is 6. The van der Waals surface area contributed by atoms with Crippen LogP contribution < -0.4 is 26.6 Å². The highest BCUT2D eigenvalue weighted by Crippen LogP contribution is 2.23. The van der Waals surface area contributed by atoms with E-state index in [2.05, 4.69) is 26.6 Å². The van der Waals surface area contributed by atoms with Crippen LogP contribution in [0.3, 0.4) is 0 Å². The molecule has 340 valence electrons. The second-order valence-electron chi connectivity index (χ2n) is 14.5. The van der Waals surface area contributed by atoms with E-state index in [0.29, 0.717) is 63.7 Å². The van der Waals surface area contributed by atoms with Crippen LogP contribution in [0.25, 0.3) is 0 Å². The molecule has 2 atom stereocenters. The van der Waals surface area contributed by atoms with Crippen LogP contribution in [-0.4, -0.2) is 157 Å². The molecule has 0 heterocycles. The van der Waals surface area contributed by atoms with E-state index in [1.807, 2.05) is 20.8 Å². The molecule has 6 amide bonds. The zero-order chi connectivity index (χ0) is 44.5. The minimum Gasteiger partial charge on any atom is -0.481 e. The molecule has 0 spiro atoms. The topological polar surface area (TPSA) is 259 Å². The molecule has 0 aromatic heterocycles. The van der Waals surface area contributed by atoms with Gasteiger partial charge in [0, 0.05) is 77.0 Å². The molecule has 0 aliphatic heterocycles. The summed E-state index contributed by atoms with van der Waals surface area (Å²) in [5, 5.41) is 32.1. The van der Waals surface area contributed by atoms with Gasteiger partial charge in [-0.15, -0.1) is 0 Å². The van der Waals surface area contributed by atoms with Gasteiger partial charge < -0.3 is 51.2 Å². The molecule has 0 aromatic carbocycles. The summed E-state index contributed by atoms with van der Waals surface area (Å²) in [7, 11) is 0. The van der Waals surface area contributed by atoms with Crippen LogP contribution in [-0.2, 0) is 47.8 Å². The second kappa shape index (κ2) is 34.1. The van der Waals surface area contributed by atoms with Crippen molar-refractivity contribution >= 4 is 70.9 Å². The van der Waals surface area contributed by atoms with Crippen LogP contribution in [0.2, 0.25) is 0 Å². The number of rotatable bonds is 37. The van der Waals surface area contributed by atoms with Crippen molar-refractivity contribution in [3.8, 4) is 0 Å². The lowest BCUT2D eigenvalue weighted by atomic mass is 9.86. The van der Waals surface area contributed by atoms with Crippen LogP contribution in [0.4, 0.5) is 0 Å². The number of nitrogens with one attached hydrogen (secondary N) is 5. The summed E-state index contributed by atoms with van der Waals surface area (Å²) >= 11 is 3.01. The average molecular weight is 879 g/mol. The fourth-order valence-electron chi connectivity index (χ4n) is 5.08. The molecular weight excluding hydrogens is 809 g/mol. The number of carbonyl (C=O) groups excluding carboxylic acids is 6. The van der Waals surface area contributed by atoms with Crippen molar-refractivity contribution in [2.24, 2.45) is 11.3 Å². The Kier molecular flexibility index (Phi) is 32.0. The van der Waals surface area contributed by atoms with Gasteiger partial charge in [0.1, 0.15) is 6.04 Å². The molecule has 18 nitrogen and oxygen atoms in total. The zero-order valence-electron chi connectivity index (χ0n) is 35.7. The number of carboxylic acids is 2. The predicted octanol–water partition coefficient (Wildman–Crippen LogP) is 1.65. The summed E-state index contributed by atoms with van der Waals surface area (Å²) in [5.41, 5.74) is -1.03. The van der Waals surface area contributed by atoms with Gasteiger partial charge in [-0.05, 0) is 49.5 Å². The minimum absolute atomic E-state index is 0.000934. The molecule has 0 aliphatic rings. The number of thioether (sulfide) groups is 2. The van der Waals surface area contributed by atoms with Crippen LogP contribution in [0.15, 0.2) is 0 Å². The number of hydrogen-bond donors (Lipinski definition) is 7. The van der Waals surface area contributed by atoms with Crippen molar-refractivity contribution in [3.05, 3.63) is 0 Å². The quantitative estimate of drug-likeness (QED) is 0.0438. The maximum absolute atomic E-state index is 13.0. The number of hydrogen-bond acceptors (Lipinski definition) is 12. The van der Waals surface area contributed by atoms with E-state index in [1.165, 1.54) is 23.5 Å². The predicted molar refractivity (Wildman–Crippen MR) is 228 cm³/mol. The molecule has 1 unspecified atom stereocenters. The van der Waals surface area contributed by atoms with Gasteiger partial charge in [-0.25, -0.2) is 4.79 Å². The summed E-state index contributed by atoms with van der Waals surface area (Å²) in [6.07, 6.45) is 1.83. The summed E-state index contributed by atoms with van der Waals surface area (Å²) in [5.74, 6) is -1.19. The first-order chi connectivity index (χ1) is 28.0. The Morgan fingerprint density at radius 2 is 1.22 bits per heavy atom. The molecule has 0 saturated carbocycles. The second-order valence-corrected chi connectivity index (χ2v) is 17.1. The van der Waals surface area contributed by atoms with Crippen molar-refractivity contribution in [2.75, 3.05) is 88.7 Å². The molecule has 0 fully saturated rings. The van der Waals surface area contributed by atoms with Crippen LogP contribution in [0.5, 0.6) is 0 Å². The fourth-order valence-corrected chi connectivity index (χ4v) is 6.06. The van der Waals surface area contributed by atoms with E-state index in [-0.39, 0.29) is 107 Å². The Hall–Kier alpha value is -3.62. The lowest BCUT2D eigenvalue weighted by Gasteiger charge is -2.25. The zero-order valence-corrected chi connectivity index (χ0v) is 37.3. The van der Waals surface area contributed by atoms with Gasteiger partial charge in [0.2, 0.25) is 35.4 Å². The first kappa shape index (κ1) is 55.4. The largest absolute Gasteiger partial charge is 0.481 e. The van der Waals surface area contributed by atoms with Gasteiger partial charge in [-0.1, -0.05) is 34.6 Å². The summed E-state index contributed by atoms with van der Waals surface area (Å²) in [6.45, 7) is 12.2. The lowest BCUT2D eigenvalue weighted by molar-refractivity contribution is -0.144. The first-order valence-corrected chi connectivity index (χ1v) is 22.7. The number of carboxylic acid groups (broad SMARTS) is 2. The van der Waals surface area contributed by atoms with Gasteiger partial charge in [0.05, 0.1) is 31.3 Å². The van der Waals surface area contributed by atoms with Crippen LogP contribution in [0, 0.1) is 11.3 Å². The Bertz CT molecular complexity index is 1270. The SMILES string of the molecule is CCSCC(=O)NCCN(CCNC(=O)CSCC)C(=O)CCC(=O)NCC(C)CCOCCOCCC(=O)NCCCC[C@H](NC(=O)C(C)(C)CCC(=O)O)C(=O)O. The van der Waals surface area contributed by atoms with Crippen molar-refractivity contribution in [1.29, 1.82) is 0 Å². The third-order valence-electron chi connectivity index (χ3n) is 8.87. The third-order valence-corrected chi connectivity index (χ3v) is 10.6. The maximum atomic E-state index is 13.0. The summed E-state index contributed by atoms with van der Waals surface area (Å²) in [6, 6.07) is -1.12. The van der Waals surface area contributed by atoms with E-state index in [0.717, 1.165) is 11.5 Å². The van der Waals surface area contributed by atoms with Crippen LogP contribution >= 0.6 is 23.5 Å². The number of carbonyl (C=O) groups is 8. The highest BCUT2D eigenvalue weighted by molar-refractivity contribution is 8.00. The molecule has 0 saturated heterocycles. The van der Waals surface area contributed by atoms with Crippen molar-refractivity contribution in [3.63, 3.8) is 0 Å². The average Bonchev–Trinajstić information content (AvgIpc) is 3.19. The first-order valence-electron chi connectivity index (χ1n) is 20.4. The fraction of sp³-hybridized carbons (Fsp3) is 0.795. The Labute approximate surface area is 357 Å². The Balaban J connectivity index is 4.21. The maximum Gasteiger partial charge on any atom is 0.326 e. The molecule has 0 aromatic rings. The summed E-state index contributed by atoms with van der Waals surface area (Å²) < 4.78 is 11.1. The van der Waals surface area contributed by atoms with Gasteiger partial charge in [-0.2, -0.15) is 23.5 Å². The molecule has 0 rings (SSSR count). The Morgan fingerprint density at radius 1 is 0.661 bits per heavy atom. The number of ether oxygens (including phenoxy) is 2. The smallest absolute Gasteiger partial charge is 0.326 e. The lowest BCUT2D eigenvalue weighted by Crippen LogP contribution is -2.46. The molecule has 20 heteroatoms. The highest BCUT2D eigenvalue weighted by atomic mass is 32.2. The van der Waals surface area contributed by atoms with E-state index in [4.69, 9.17) is 14.6 Å². The molecular formula is C39H70N6O12S2. The van der Waals surface area contributed by atoms with Gasteiger partial charge in [0.15, 0.2) is 0 Å². The third kappa shape index (κ3) is 31.0. The number of aliphatic carboxylic acids is 2. The van der Waals surface area contributed by atoms with Crippen LogP contribution in [0.1, 0.15) is 92.4 Å². The van der Waals surface area contributed by atoms with E-state index in [1.54, 1.807) is 18.7 Å². The summed E-state index contributed by atoms with van der Waals surface area (Å²) in [4.78, 5) is 98.1. The highest BCUT2D eigenvalue weighted by Gasteiger charge is 2.31. The standard InChI is InChI=1S/C39H70N6O12S2/c1-6-58-27-33(48)41-18-20-45(21-19-42-34(49)28-59-7-2)35(50)12-11-31(46)43-26-29(3)14-22-56-24-25-57-23-15-32(47)40-17-9-8-10-30(37(53)54)44-38(55)39(4,5)16-13-36(51)52/h29-30H,6-28H2,1-5H3,(H,40,47)(H,41,48)(H,42,49)(H,43,46)(H,44,55)(H,51,52)(H,53,54)/t29?,30-/m0/s1. The molecule has 0 bridgehead atoms. The van der Waals surface area contributed by atoms with Crippen molar-refractivity contribution < 1.29 is 58.0 Å². The Morgan fingerprint density at radius 3 is 1.78 bits per heavy atom. The molecule has 59 heavy (non-hydrogen) atoms. The monoisotopic (exact) mass is 878 g/mol. The van der Waals surface area contributed by atoms with Crippen molar-refractivity contribution in [2.45, 2.75) is 98.4 Å². The van der Waals surface area contributed by atoms with E-state index in [9.17, 15) is 43.5 Å². The molecule has 0 aliphatic carbocycles. The van der Waals surface area contributed by atoms with Gasteiger partial charge in [0.25, 0.3) is 0 Å². The molecule has 7 N–H and O–H groups in total. The number of nitrogens with zero attached hydrogens (tertiary/aromatic N) is 1. The van der Waals surface area contributed by atoms with E-state index < -0.39 is 29.3 Å². The molecule has 0 radical (unpaired) electrons. The van der Waals surface area contributed by atoms with E-state index >= 15 is 0 Å². The van der Waals surface area contributed by atoms with Gasteiger partial charge >= 0.3 is 11.9 Å². The van der Waals surface area contributed by atoms with Crippen molar-refractivity contribution in [1.82, 2.24) is 31.5 Å². The van der Waals surface area contributed by atoms with Gasteiger partial charge in [-0.3, -0.25) is 33.6 Å².